The number of nitrogens with zero attached hydrogens (tertiary/aromatic N) is 4. The highest BCUT2D eigenvalue weighted by atomic mass is 35.5. The number of aromatic nitrogens is 3. The molecule has 218 valence electrons. The topological polar surface area (TPSA) is 90.6 Å². The van der Waals surface area contributed by atoms with E-state index in [1.807, 2.05) is 19.1 Å². The summed E-state index contributed by atoms with van der Waals surface area (Å²) in [5.41, 5.74) is 5.05. The van der Waals surface area contributed by atoms with Crippen molar-refractivity contribution in [2.45, 2.75) is 43.5 Å². The van der Waals surface area contributed by atoms with Gasteiger partial charge in [-0.25, -0.2) is 14.2 Å². The summed E-state index contributed by atoms with van der Waals surface area (Å²) < 4.78 is 40.0. The van der Waals surface area contributed by atoms with Gasteiger partial charge in [0.2, 0.25) is 0 Å². The van der Waals surface area contributed by atoms with Crippen molar-refractivity contribution < 1.29 is 23.0 Å². The number of hydrazone groups is 1. The highest BCUT2D eigenvalue weighted by Crippen LogP contribution is 2.54. The van der Waals surface area contributed by atoms with E-state index in [1.165, 1.54) is 36.7 Å². The summed E-state index contributed by atoms with van der Waals surface area (Å²) in [6.07, 6.45) is 2.49. The molecule has 1 N–H and O–H groups in total. The van der Waals surface area contributed by atoms with Crippen LogP contribution in [-0.4, -0.2) is 39.7 Å². The van der Waals surface area contributed by atoms with E-state index in [4.69, 9.17) is 21.1 Å². The Morgan fingerprint density at radius 2 is 1.90 bits per heavy atom. The summed E-state index contributed by atoms with van der Waals surface area (Å²) in [5, 5.41) is 14.2. The van der Waals surface area contributed by atoms with Crippen LogP contribution in [0.3, 0.4) is 0 Å². The van der Waals surface area contributed by atoms with Gasteiger partial charge in [0.15, 0.2) is 16.7 Å². The Morgan fingerprint density at radius 1 is 1.12 bits per heavy atom. The summed E-state index contributed by atoms with van der Waals surface area (Å²) in [6.45, 7) is 2.72. The molecule has 4 aromatic rings. The third kappa shape index (κ3) is 7.08. The molecule has 8 nitrogen and oxygen atoms in total. The molecule has 1 saturated carbocycles. The molecular weight excluding hydrogens is 584 g/mol. The number of carbonyl (C=O) groups excluding carboxylic acids is 1. The van der Waals surface area contributed by atoms with Gasteiger partial charge >= 0.3 is 0 Å². The minimum Gasteiger partial charge on any atom is -0.496 e. The van der Waals surface area contributed by atoms with Crippen LogP contribution in [-0.2, 0) is 17.9 Å². The number of thioether (sulfide) groups is 1. The van der Waals surface area contributed by atoms with Crippen molar-refractivity contribution in [1.82, 2.24) is 20.2 Å². The highest BCUT2D eigenvalue weighted by Gasteiger charge is 2.43. The number of rotatable bonds is 12. The predicted octanol–water partition coefficient (Wildman–Crippen LogP) is 6.33. The third-order valence-corrected chi connectivity index (χ3v) is 8.02. The van der Waals surface area contributed by atoms with Crippen molar-refractivity contribution in [3.05, 3.63) is 99.8 Å². The molecule has 0 radical (unpaired) electrons. The fraction of sp³-hybridized carbons (Fsp3) is 0.267. The van der Waals surface area contributed by atoms with Crippen molar-refractivity contribution in [2.24, 2.45) is 5.10 Å². The Labute approximate surface area is 251 Å². The smallest absolute Gasteiger partial charge is 0.250 e. The van der Waals surface area contributed by atoms with Crippen LogP contribution in [0.5, 0.6) is 11.5 Å². The molecule has 5 rings (SSSR count). The summed E-state index contributed by atoms with van der Waals surface area (Å²) in [7, 11) is 1.51. The number of ether oxygens (including phenoxy) is 2. The average molecular weight is 612 g/mol. The average Bonchev–Trinajstić information content (AvgIpc) is 3.67. The van der Waals surface area contributed by atoms with Crippen LogP contribution in [0.15, 0.2) is 70.9 Å². The fourth-order valence-electron chi connectivity index (χ4n) is 4.62. The van der Waals surface area contributed by atoms with Crippen molar-refractivity contribution >= 4 is 35.5 Å². The number of halogens is 3. The number of amides is 1. The quantitative estimate of drug-likeness (QED) is 0.114. The minimum absolute atomic E-state index is 0.0161. The fourth-order valence-corrected chi connectivity index (χ4v) is 5.55. The van der Waals surface area contributed by atoms with E-state index in [-0.39, 0.29) is 24.0 Å². The van der Waals surface area contributed by atoms with E-state index in [0.717, 1.165) is 24.4 Å². The first-order chi connectivity index (χ1) is 20.4. The van der Waals surface area contributed by atoms with Crippen LogP contribution in [0.2, 0.25) is 5.02 Å². The molecule has 1 fully saturated rings. The Bertz CT molecular complexity index is 1600. The van der Waals surface area contributed by atoms with Gasteiger partial charge in [-0.15, -0.1) is 10.2 Å². The van der Waals surface area contributed by atoms with E-state index in [9.17, 15) is 13.6 Å². The van der Waals surface area contributed by atoms with Crippen molar-refractivity contribution in [2.75, 3.05) is 12.9 Å². The number of hydrogen-bond donors (Lipinski definition) is 1. The van der Waals surface area contributed by atoms with Crippen molar-refractivity contribution in [3.63, 3.8) is 0 Å². The van der Waals surface area contributed by atoms with E-state index in [0.29, 0.717) is 45.4 Å². The largest absolute Gasteiger partial charge is 0.496 e. The van der Waals surface area contributed by atoms with Crippen LogP contribution in [0.4, 0.5) is 8.78 Å². The summed E-state index contributed by atoms with van der Waals surface area (Å²) in [6, 6.07) is 16.2. The lowest BCUT2D eigenvalue weighted by Crippen LogP contribution is -2.20. The maximum Gasteiger partial charge on any atom is 0.250 e. The van der Waals surface area contributed by atoms with Crippen molar-refractivity contribution in [3.8, 4) is 11.5 Å². The zero-order chi connectivity index (χ0) is 29.6. The molecule has 1 aromatic heterocycles. The number of hydrogen-bond acceptors (Lipinski definition) is 7. The Morgan fingerprint density at radius 3 is 2.64 bits per heavy atom. The summed E-state index contributed by atoms with van der Waals surface area (Å²) in [4.78, 5) is 12.5. The van der Waals surface area contributed by atoms with Crippen molar-refractivity contribution in [1.29, 1.82) is 0 Å². The number of methoxy groups -OCH3 is 1. The molecule has 1 aliphatic carbocycles. The van der Waals surface area contributed by atoms with Crippen LogP contribution < -0.4 is 14.9 Å². The van der Waals surface area contributed by atoms with Gasteiger partial charge in [-0.05, 0) is 72.9 Å². The molecule has 0 aliphatic heterocycles. The summed E-state index contributed by atoms with van der Waals surface area (Å²) in [5.74, 6) is 0.406. The number of carbonyl (C=O) groups is 1. The zero-order valence-corrected chi connectivity index (χ0v) is 24.5. The van der Waals surface area contributed by atoms with Crippen LogP contribution in [0.25, 0.3) is 0 Å². The maximum absolute atomic E-state index is 13.9. The van der Waals surface area contributed by atoms with Gasteiger partial charge in [-0.1, -0.05) is 35.5 Å². The predicted molar refractivity (Wildman–Crippen MR) is 157 cm³/mol. The minimum atomic E-state index is -0.796. The monoisotopic (exact) mass is 611 g/mol. The first-order valence-corrected chi connectivity index (χ1v) is 14.6. The molecular formula is C30H28ClF2N5O3S. The van der Waals surface area contributed by atoms with E-state index in [1.54, 1.807) is 18.2 Å². The second-order valence-electron chi connectivity index (χ2n) is 9.60. The highest BCUT2D eigenvalue weighted by molar-refractivity contribution is 7.99. The molecule has 42 heavy (non-hydrogen) atoms. The second kappa shape index (κ2) is 13.3. The third-order valence-electron chi connectivity index (χ3n) is 6.80. The van der Waals surface area contributed by atoms with Gasteiger partial charge in [0.05, 0.1) is 19.1 Å². The molecule has 0 spiro atoms. The standard InChI is InChI=1S/C30H28ClF2N5O3S/c1-3-38-29(24-14-23(24)19-5-7-21(31)8-6-19)36-37-30(38)42-17-28(39)35-34-15-18-4-10-26(40-2)20(12-18)16-41-27-11-9-22(32)13-25(27)33/h4-13,15,23-24H,3,14,16-17H2,1-2H3,(H,35,39)/b34-15-/t23-,24-/m1/s1. The van der Waals surface area contributed by atoms with E-state index < -0.39 is 11.6 Å². The molecule has 3 aromatic carbocycles. The summed E-state index contributed by atoms with van der Waals surface area (Å²) >= 11 is 7.33. The van der Waals surface area contributed by atoms with Gasteiger partial charge in [0, 0.05) is 29.1 Å². The van der Waals surface area contributed by atoms with Crippen LogP contribution in [0.1, 0.15) is 47.7 Å². The van der Waals surface area contributed by atoms with Gasteiger partial charge in [-0.3, -0.25) is 4.79 Å². The molecule has 0 unspecified atom stereocenters. The molecule has 1 heterocycles. The lowest BCUT2D eigenvalue weighted by atomic mass is 10.1. The Hall–Kier alpha value is -3.96. The number of benzene rings is 3. The van der Waals surface area contributed by atoms with Crippen LogP contribution >= 0.6 is 23.4 Å². The Kier molecular flexibility index (Phi) is 9.38. The lowest BCUT2D eigenvalue weighted by Gasteiger charge is -2.11. The zero-order valence-electron chi connectivity index (χ0n) is 22.9. The van der Waals surface area contributed by atoms with Gasteiger partial charge in [0.1, 0.15) is 24.0 Å². The Balaban J connectivity index is 1.14. The molecule has 0 saturated heterocycles. The molecule has 2 atom stereocenters. The second-order valence-corrected chi connectivity index (χ2v) is 11.0. The first kappa shape index (κ1) is 29.5. The van der Waals surface area contributed by atoms with Gasteiger partial charge in [-0.2, -0.15) is 5.10 Å². The van der Waals surface area contributed by atoms with Crippen LogP contribution in [0, 0.1) is 11.6 Å². The SMILES string of the molecule is CCn1c(SCC(=O)N/N=C\c2ccc(OC)c(COc3ccc(F)cc3F)c2)nnc1[C@@H]1C[C@@H]1c1ccc(Cl)cc1. The van der Waals surface area contributed by atoms with Gasteiger partial charge in [0.25, 0.3) is 5.91 Å². The maximum atomic E-state index is 13.9. The molecule has 1 aliphatic rings. The van der Waals surface area contributed by atoms with E-state index >= 15 is 0 Å². The first-order valence-electron chi connectivity index (χ1n) is 13.2. The molecule has 12 heteroatoms. The normalized spacial score (nSPS) is 16.0. The lowest BCUT2D eigenvalue weighted by molar-refractivity contribution is -0.118. The van der Waals surface area contributed by atoms with Gasteiger partial charge < -0.3 is 14.0 Å². The van der Waals surface area contributed by atoms with E-state index in [2.05, 4.69) is 37.4 Å². The molecule has 0 bridgehead atoms. The number of nitrogens with one attached hydrogen (secondary N) is 1. The molecule has 1 amide bonds.